The Morgan fingerprint density at radius 3 is 2.67 bits per heavy atom. The second-order valence-corrected chi connectivity index (χ2v) is 2.73. The molecule has 12 heavy (non-hydrogen) atoms. The van der Waals surface area contributed by atoms with Crippen molar-refractivity contribution < 1.29 is 14.3 Å². The van der Waals surface area contributed by atoms with Crippen molar-refractivity contribution in [3.8, 4) is 12.0 Å². The Morgan fingerprint density at radius 1 is 1.42 bits per heavy atom. The van der Waals surface area contributed by atoms with Crippen LogP contribution in [0.1, 0.15) is 32.6 Å². The largest absolute Gasteiger partial charge is 0.522 e. The molecule has 3 heteroatoms. The molecule has 0 aliphatic heterocycles. The quantitative estimate of drug-likeness (QED) is 0.444. The van der Waals surface area contributed by atoms with Gasteiger partial charge in [-0.05, 0) is 25.7 Å². The van der Waals surface area contributed by atoms with Crippen molar-refractivity contribution in [2.24, 2.45) is 0 Å². The Morgan fingerprint density at radius 2 is 2.08 bits per heavy atom. The summed E-state index contributed by atoms with van der Waals surface area (Å²) in [5.74, 6) is 2.45. The van der Waals surface area contributed by atoms with Crippen LogP contribution in [0.4, 0.5) is 4.79 Å². The Kier molecular flexibility index (Phi) is 3.46. The molecule has 3 nitrogen and oxygen atoms in total. The fourth-order valence-electron chi connectivity index (χ4n) is 1.26. The van der Waals surface area contributed by atoms with E-state index in [2.05, 4.69) is 16.8 Å². The number of ether oxygens (including phenoxy) is 2. The normalized spacial score (nSPS) is 16.4. The van der Waals surface area contributed by atoms with Gasteiger partial charge in [-0.25, -0.2) is 4.79 Å². The van der Waals surface area contributed by atoms with Gasteiger partial charge in [0.1, 0.15) is 12.2 Å². The highest BCUT2D eigenvalue weighted by Gasteiger charge is 2.19. The summed E-state index contributed by atoms with van der Waals surface area (Å²) < 4.78 is 9.38. The van der Waals surface area contributed by atoms with Crippen molar-refractivity contribution in [1.82, 2.24) is 0 Å². The maximum atomic E-state index is 10.8. The Labute approximate surface area is 72.0 Å². The van der Waals surface area contributed by atoms with Crippen LogP contribution in [0.15, 0.2) is 0 Å². The van der Waals surface area contributed by atoms with E-state index >= 15 is 0 Å². The summed E-state index contributed by atoms with van der Waals surface area (Å²) in [5, 5.41) is 0. The molecular weight excluding hydrogens is 156 g/mol. The third kappa shape index (κ3) is 2.83. The lowest BCUT2D eigenvalue weighted by atomic mass is 10.3. The molecule has 0 unspecified atom stereocenters. The molecule has 1 saturated carbocycles. The van der Waals surface area contributed by atoms with Crippen LogP contribution in [0.2, 0.25) is 0 Å². The summed E-state index contributed by atoms with van der Waals surface area (Å²) in [7, 11) is 0. The zero-order valence-electron chi connectivity index (χ0n) is 7.13. The molecule has 66 valence electrons. The SMILES string of the molecule is CC#COC(=O)OC1CCCC1. The van der Waals surface area contributed by atoms with Crippen molar-refractivity contribution in [2.75, 3.05) is 0 Å². The Balaban J connectivity index is 2.19. The van der Waals surface area contributed by atoms with E-state index in [1.165, 1.54) is 0 Å². The minimum Gasteiger partial charge on any atom is -0.430 e. The predicted molar refractivity (Wildman–Crippen MR) is 43.3 cm³/mol. The molecule has 0 aromatic heterocycles. The van der Waals surface area contributed by atoms with Crippen LogP contribution in [0.25, 0.3) is 0 Å². The fraction of sp³-hybridized carbons (Fsp3) is 0.667. The van der Waals surface area contributed by atoms with Gasteiger partial charge in [0.2, 0.25) is 0 Å². The Hall–Kier alpha value is -1.17. The number of carbonyl (C=O) groups excluding carboxylic acids is 1. The molecule has 0 N–H and O–H groups in total. The van der Waals surface area contributed by atoms with Crippen LogP contribution in [0.3, 0.4) is 0 Å². The lowest BCUT2D eigenvalue weighted by Gasteiger charge is -2.07. The second-order valence-electron chi connectivity index (χ2n) is 2.73. The van der Waals surface area contributed by atoms with Gasteiger partial charge in [0.15, 0.2) is 0 Å². The molecule has 0 aromatic rings. The third-order valence-corrected chi connectivity index (χ3v) is 1.80. The highest BCUT2D eigenvalue weighted by Crippen LogP contribution is 2.21. The summed E-state index contributed by atoms with van der Waals surface area (Å²) in [5.41, 5.74) is 0. The minimum atomic E-state index is -0.670. The molecule has 0 spiro atoms. The number of carbonyl (C=O) groups is 1. The van der Waals surface area contributed by atoms with Gasteiger partial charge in [0.05, 0.1) is 0 Å². The number of hydrogen-bond acceptors (Lipinski definition) is 3. The van der Waals surface area contributed by atoms with Crippen LogP contribution in [0, 0.1) is 12.0 Å². The molecular formula is C9H12O3. The van der Waals surface area contributed by atoms with Crippen molar-refractivity contribution in [2.45, 2.75) is 38.7 Å². The summed E-state index contributed by atoms with van der Waals surface area (Å²) in [6.45, 7) is 1.60. The lowest BCUT2D eigenvalue weighted by Crippen LogP contribution is -2.13. The Bertz CT molecular complexity index is 206. The van der Waals surface area contributed by atoms with Gasteiger partial charge in [-0.3, -0.25) is 0 Å². The monoisotopic (exact) mass is 168 g/mol. The highest BCUT2D eigenvalue weighted by atomic mass is 16.7. The smallest absolute Gasteiger partial charge is 0.430 e. The van der Waals surface area contributed by atoms with Crippen LogP contribution in [-0.4, -0.2) is 12.3 Å². The fourth-order valence-corrected chi connectivity index (χ4v) is 1.26. The van der Waals surface area contributed by atoms with E-state index in [-0.39, 0.29) is 6.10 Å². The van der Waals surface area contributed by atoms with Crippen molar-refractivity contribution in [3.63, 3.8) is 0 Å². The van der Waals surface area contributed by atoms with Crippen LogP contribution in [-0.2, 0) is 9.47 Å². The van der Waals surface area contributed by atoms with Crippen molar-refractivity contribution in [3.05, 3.63) is 0 Å². The molecule has 1 fully saturated rings. The van der Waals surface area contributed by atoms with Gasteiger partial charge in [-0.2, -0.15) is 0 Å². The van der Waals surface area contributed by atoms with Crippen LogP contribution < -0.4 is 0 Å². The molecule has 0 amide bonds. The van der Waals surface area contributed by atoms with E-state index < -0.39 is 6.16 Å². The summed E-state index contributed by atoms with van der Waals surface area (Å²) in [4.78, 5) is 10.8. The van der Waals surface area contributed by atoms with E-state index in [1.54, 1.807) is 6.92 Å². The van der Waals surface area contributed by atoms with Gasteiger partial charge < -0.3 is 9.47 Å². The highest BCUT2D eigenvalue weighted by molar-refractivity contribution is 5.61. The molecule has 0 aromatic carbocycles. The van der Waals surface area contributed by atoms with E-state index in [9.17, 15) is 4.79 Å². The molecule has 0 heterocycles. The molecule has 1 aliphatic carbocycles. The second kappa shape index (κ2) is 4.66. The summed E-state index contributed by atoms with van der Waals surface area (Å²) in [6, 6.07) is 0. The minimum absolute atomic E-state index is 0.0520. The van der Waals surface area contributed by atoms with E-state index in [1.807, 2.05) is 0 Å². The molecule has 0 bridgehead atoms. The maximum Gasteiger partial charge on any atom is 0.522 e. The first-order chi connectivity index (χ1) is 5.83. The lowest BCUT2D eigenvalue weighted by molar-refractivity contribution is 0.0538. The van der Waals surface area contributed by atoms with E-state index in [0.717, 1.165) is 25.7 Å². The molecule has 1 rings (SSSR count). The van der Waals surface area contributed by atoms with Gasteiger partial charge in [-0.1, -0.05) is 5.92 Å². The van der Waals surface area contributed by atoms with Crippen molar-refractivity contribution in [1.29, 1.82) is 0 Å². The van der Waals surface area contributed by atoms with E-state index in [0.29, 0.717) is 0 Å². The molecule has 0 saturated heterocycles. The summed E-state index contributed by atoms with van der Waals surface area (Å²) >= 11 is 0. The van der Waals surface area contributed by atoms with E-state index in [4.69, 9.17) is 4.74 Å². The summed E-state index contributed by atoms with van der Waals surface area (Å²) in [6.07, 6.45) is 5.76. The maximum absolute atomic E-state index is 10.8. The first-order valence-electron chi connectivity index (χ1n) is 4.12. The third-order valence-electron chi connectivity index (χ3n) is 1.80. The zero-order valence-corrected chi connectivity index (χ0v) is 7.13. The first kappa shape index (κ1) is 8.92. The standard InChI is InChI=1S/C9H12O3/c1-2-7-11-9(10)12-8-5-3-4-6-8/h8H,3-6H2,1H3. The predicted octanol–water partition coefficient (Wildman–Crippen LogP) is 2.06. The molecule has 0 atom stereocenters. The van der Waals surface area contributed by atoms with Crippen LogP contribution in [0.5, 0.6) is 0 Å². The molecule has 0 radical (unpaired) electrons. The van der Waals surface area contributed by atoms with Crippen LogP contribution >= 0.6 is 0 Å². The first-order valence-corrected chi connectivity index (χ1v) is 4.12. The number of rotatable bonds is 1. The average Bonchev–Trinajstić information content (AvgIpc) is 2.53. The van der Waals surface area contributed by atoms with Gasteiger partial charge in [-0.15, -0.1) is 0 Å². The van der Waals surface area contributed by atoms with Gasteiger partial charge in [0.25, 0.3) is 0 Å². The zero-order chi connectivity index (χ0) is 8.81. The number of hydrogen-bond donors (Lipinski definition) is 0. The average molecular weight is 168 g/mol. The molecule has 1 aliphatic rings. The topological polar surface area (TPSA) is 35.5 Å². The van der Waals surface area contributed by atoms with Crippen molar-refractivity contribution >= 4 is 6.16 Å². The van der Waals surface area contributed by atoms with Gasteiger partial charge in [0, 0.05) is 6.92 Å². The van der Waals surface area contributed by atoms with Gasteiger partial charge >= 0.3 is 6.16 Å².